The van der Waals surface area contributed by atoms with Crippen molar-refractivity contribution in [3.63, 3.8) is 0 Å². The molecule has 0 heterocycles. The molecule has 1 aromatic rings. The van der Waals surface area contributed by atoms with Crippen LogP contribution in [0.4, 0.5) is 4.39 Å². The number of carbonyl (C=O) groups is 1. The first-order chi connectivity index (χ1) is 8.80. The van der Waals surface area contributed by atoms with E-state index in [1.165, 1.54) is 25.1 Å². The van der Waals surface area contributed by atoms with Gasteiger partial charge in [0, 0.05) is 0 Å². The standard InChI is InChI=1S/C15H21FO3/c1-5-19-14(17)13(10(2)3)15(4,18)11-7-6-8-12(16)9-11/h6-10,13,18H,5H2,1-4H3. The summed E-state index contributed by atoms with van der Waals surface area (Å²) >= 11 is 0. The first kappa shape index (κ1) is 15.6. The number of hydrogen-bond acceptors (Lipinski definition) is 3. The summed E-state index contributed by atoms with van der Waals surface area (Å²) in [7, 11) is 0. The van der Waals surface area contributed by atoms with E-state index in [0.717, 1.165) is 0 Å². The molecule has 0 saturated carbocycles. The zero-order valence-electron chi connectivity index (χ0n) is 11.8. The fourth-order valence-electron chi connectivity index (χ4n) is 2.37. The summed E-state index contributed by atoms with van der Waals surface area (Å²) < 4.78 is 18.3. The Bertz CT molecular complexity index is 441. The average molecular weight is 268 g/mol. The van der Waals surface area contributed by atoms with Crippen molar-refractivity contribution < 1.29 is 19.0 Å². The molecular formula is C15H21FO3. The maximum atomic E-state index is 13.3. The van der Waals surface area contributed by atoms with Crippen LogP contribution in [-0.2, 0) is 15.1 Å². The Labute approximate surface area is 113 Å². The van der Waals surface area contributed by atoms with Gasteiger partial charge in [0.1, 0.15) is 11.4 Å². The molecule has 0 aliphatic rings. The molecule has 1 rings (SSSR count). The van der Waals surface area contributed by atoms with E-state index in [4.69, 9.17) is 4.74 Å². The molecule has 1 aromatic carbocycles. The van der Waals surface area contributed by atoms with Gasteiger partial charge in [-0.25, -0.2) is 4.39 Å². The first-order valence-corrected chi connectivity index (χ1v) is 6.45. The van der Waals surface area contributed by atoms with Gasteiger partial charge in [-0.15, -0.1) is 0 Å². The van der Waals surface area contributed by atoms with Gasteiger partial charge in [-0.2, -0.15) is 0 Å². The molecule has 0 fully saturated rings. The predicted octanol–water partition coefficient (Wildman–Crippen LogP) is 2.87. The highest BCUT2D eigenvalue weighted by Gasteiger charge is 2.42. The number of carbonyl (C=O) groups excluding carboxylic acids is 1. The van der Waals surface area contributed by atoms with Crippen molar-refractivity contribution >= 4 is 5.97 Å². The summed E-state index contributed by atoms with van der Waals surface area (Å²) in [5, 5.41) is 10.7. The zero-order valence-corrected chi connectivity index (χ0v) is 11.8. The van der Waals surface area contributed by atoms with Gasteiger partial charge in [0.15, 0.2) is 0 Å². The molecule has 2 unspecified atom stereocenters. The molecule has 3 nitrogen and oxygen atoms in total. The predicted molar refractivity (Wildman–Crippen MR) is 70.9 cm³/mol. The van der Waals surface area contributed by atoms with Crippen LogP contribution in [0.5, 0.6) is 0 Å². The lowest BCUT2D eigenvalue weighted by Crippen LogP contribution is -2.41. The van der Waals surface area contributed by atoms with E-state index >= 15 is 0 Å². The average Bonchev–Trinajstić information content (AvgIpc) is 2.28. The molecule has 0 radical (unpaired) electrons. The lowest BCUT2D eigenvalue weighted by molar-refractivity contribution is -0.161. The first-order valence-electron chi connectivity index (χ1n) is 6.45. The molecule has 0 amide bonds. The number of hydrogen-bond donors (Lipinski definition) is 1. The van der Waals surface area contributed by atoms with Gasteiger partial charge in [0.25, 0.3) is 0 Å². The Kier molecular flexibility index (Phi) is 5.06. The van der Waals surface area contributed by atoms with E-state index < -0.39 is 23.3 Å². The third kappa shape index (κ3) is 3.53. The molecule has 4 heteroatoms. The molecule has 106 valence electrons. The maximum Gasteiger partial charge on any atom is 0.312 e. The van der Waals surface area contributed by atoms with Crippen LogP contribution >= 0.6 is 0 Å². The largest absolute Gasteiger partial charge is 0.466 e. The summed E-state index contributed by atoms with van der Waals surface area (Å²) in [5.41, 5.74) is -1.10. The van der Waals surface area contributed by atoms with Crippen molar-refractivity contribution in [2.24, 2.45) is 11.8 Å². The van der Waals surface area contributed by atoms with Crippen molar-refractivity contribution in [1.82, 2.24) is 0 Å². The van der Waals surface area contributed by atoms with Crippen LogP contribution in [-0.4, -0.2) is 17.7 Å². The second-order valence-corrected chi connectivity index (χ2v) is 5.13. The van der Waals surface area contributed by atoms with E-state index in [-0.39, 0.29) is 12.5 Å². The van der Waals surface area contributed by atoms with Crippen LogP contribution in [0.1, 0.15) is 33.3 Å². The van der Waals surface area contributed by atoms with Crippen LogP contribution in [0.25, 0.3) is 0 Å². The highest BCUT2D eigenvalue weighted by Crippen LogP contribution is 2.35. The van der Waals surface area contributed by atoms with Gasteiger partial charge in [0.2, 0.25) is 0 Å². The quantitative estimate of drug-likeness (QED) is 0.835. The van der Waals surface area contributed by atoms with Crippen molar-refractivity contribution in [2.45, 2.75) is 33.3 Å². The van der Waals surface area contributed by atoms with Gasteiger partial charge < -0.3 is 9.84 Å². The molecule has 0 saturated heterocycles. The molecule has 2 atom stereocenters. The molecule has 0 aliphatic heterocycles. The van der Waals surface area contributed by atoms with E-state index in [9.17, 15) is 14.3 Å². The van der Waals surface area contributed by atoms with Crippen molar-refractivity contribution in [3.05, 3.63) is 35.6 Å². The highest BCUT2D eigenvalue weighted by atomic mass is 19.1. The Balaban J connectivity index is 3.16. The minimum Gasteiger partial charge on any atom is -0.466 e. The Hall–Kier alpha value is -1.42. The number of ether oxygens (including phenoxy) is 1. The second kappa shape index (κ2) is 6.15. The fraction of sp³-hybridized carbons (Fsp3) is 0.533. The summed E-state index contributed by atoms with van der Waals surface area (Å²) in [4.78, 5) is 12.0. The third-order valence-corrected chi connectivity index (χ3v) is 3.22. The van der Waals surface area contributed by atoms with E-state index in [2.05, 4.69) is 0 Å². The second-order valence-electron chi connectivity index (χ2n) is 5.13. The summed E-state index contributed by atoms with van der Waals surface area (Å²) in [6.45, 7) is 7.14. The lowest BCUT2D eigenvalue weighted by Gasteiger charge is -2.34. The number of aliphatic hydroxyl groups is 1. The molecular weight excluding hydrogens is 247 g/mol. The van der Waals surface area contributed by atoms with Gasteiger partial charge >= 0.3 is 5.97 Å². The summed E-state index contributed by atoms with van der Waals surface area (Å²) in [5.74, 6) is -1.78. The van der Waals surface area contributed by atoms with E-state index in [1.54, 1.807) is 13.0 Å². The summed E-state index contributed by atoms with van der Waals surface area (Å²) in [6, 6.07) is 5.67. The maximum absolute atomic E-state index is 13.3. The van der Waals surface area contributed by atoms with Crippen LogP contribution in [0.15, 0.2) is 24.3 Å². The fourth-order valence-corrected chi connectivity index (χ4v) is 2.37. The van der Waals surface area contributed by atoms with Crippen LogP contribution in [0.3, 0.4) is 0 Å². The summed E-state index contributed by atoms with van der Waals surface area (Å²) in [6.07, 6.45) is 0. The van der Waals surface area contributed by atoms with Crippen LogP contribution in [0, 0.1) is 17.7 Å². The van der Waals surface area contributed by atoms with E-state index in [1.807, 2.05) is 13.8 Å². The SMILES string of the molecule is CCOC(=O)C(C(C)C)C(C)(O)c1cccc(F)c1. The van der Waals surface area contributed by atoms with Gasteiger partial charge in [0.05, 0.1) is 12.5 Å². The Morgan fingerprint density at radius 1 is 1.47 bits per heavy atom. The topological polar surface area (TPSA) is 46.5 Å². The molecule has 0 bridgehead atoms. The molecule has 0 aliphatic carbocycles. The third-order valence-electron chi connectivity index (χ3n) is 3.22. The van der Waals surface area contributed by atoms with Gasteiger partial charge in [-0.1, -0.05) is 26.0 Å². The van der Waals surface area contributed by atoms with E-state index in [0.29, 0.717) is 5.56 Å². The van der Waals surface area contributed by atoms with Crippen molar-refractivity contribution in [3.8, 4) is 0 Å². The zero-order chi connectivity index (χ0) is 14.6. The molecule has 19 heavy (non-hydrogen) atoms. The van der Waals surface area contributed by atoms with Crippen LogP contribution in [0.2, 0.25) is 0 Å². The van der Waals surface area contributed by atoms with Crippen molar-refractivity contribution in [1.29, 1.82) is 0 Å². The highest BCUT2D eigenvalue weighted by molar-refractivity contribution is 5.74. The molecule has 0 aromatic heterocycles. The minimum absolute atomic E-state index is 0.127. The monoisotopic (exact) mass is 268 g/mol. The Morgan fingerprint density at radius 3 is 2.58 bits per heavy atom. The number of esters is 1. The molecule has 1 N–H and O–H groups in total. The lowest BCUT2D eigenvalue weighted by atomic mass is 9.76. The van der Waals surface area contributed by atoms with Gasteiger partial charge in [-0.3, -0.25) is 4.79 Å². The van der Waals surface area contributed by atoms with Crippen LogP contribution < -0.4 is 0 Å². The minimum atomic E-state index is -1.47. The normalized spacial score (nSPS) is 15.9. The number of benzene rings is 1. The van der Waals surface area contributed by atoms with Gasteiger partial charge in [-0.05, 0) is 37.5 Å². The molecule has 0 spiro atoms. The number of halogens is 1. The Morgan fingerprint density at radius 2 is 2.11 bits per heavy atom. The number of rotatable bonds is 5. The smallest absolute Gasteiger partial charge is 0.312 e. The van der Waals surface area contributed by atoms with Crippen molar-refractivity contribution in [2.75, 3.05) is 6.61 Å².